The van der Waals surface area contributed by atoms with Crippen LogP contribution in [-0.4, -0.2) is 30.4 Å². The van der Waals surface area contributed by atoms with Crippen molar-refractivity contribution in [1.82, 2.24) is 18.7 Å². The van der Waals surface area contributed by atoms with Crippen molar-refractivity contribution < 1.29 is 5.11 Å². The lowest BCUT2D eigenvalue weighted by Crippen LogP contribution is -2.39. The topological polar surface area (TPSA) is 82.1 Å². The van der Waals surface area contributed by atoms with E-state index in [0.29, 0.717) is 24.3 Å². The van der Waals surface area contributed by atoms with Gasteiger partial charge in [0, 0.05) is 27.2 Å². The van der Waals surface area contributed by atoms with Crippen molar-refractivity contribution in [3.05, 3.63) is 27.2 Å². The molecule has 0 radical (unpaired) electrons. The number of fused-ring (bicyclic) bond motifs is 1. The van der Waals surface area contributed by atoms with E-state index in [2.05, 4.69) is 4.98 Å². The van der Waals surface area contributed by atoms with Gasteiger partial charge in [0.2, 0.25) is 0 Å². The summed E-state index contributed by atoms with van der Waals surface area (Å²) in [5, 5.41) is 8.72. The first-order chi connectivity index (χ1) is 12.1. The molecule has 25 heavy (non-hydrogen) atoms. The van der Waals surface area contributed by atoms with Gasteiger partial charge in [0.25, 0.3) is 5.56 Å². The van der Waals surface area contributed by atoms with E-state index in [4.69, 9.17) is 5.11 Å². The first-order valence-electron chi connectivity index (χ1n) is 9.29. The third-order valence-corrected chi connectivity index (χ3v) is 4.74. The Morgan fingerprint density at radius 2 is 1.48 bits per heavy atom. The highest BCUT2D eigenvalue weighted by molar-refractivity contribution is 5.69. The van der Waals surface area contributed by atoms with Crippen molar-refractivity contribution in [2.45, 2.75) is 64.3 Å². The summed E-state index contributed by atoms with van der Waals surface area (Å²) in [7, 11) is 3.43. The SMILES string of the molecule is Cn1cnc2c1c(=O)n(CCCCCCCCCCCO)c(=O)n2C. The highest BCUT2D eigenvalue weighted by Crippen LogP contribution is 2.10. The predicted molar refractivity (Wildman–Crippen MR) is 98.9 cm³/mol. The quantitative estimate of drug-likeness (QED) is 0.628. The Labute approximate surface area is 147 Å². The molecule has 0 atom stereocenters. The van der Waals surface area contributed by atoms with E-state index >= 15 is 0 Å². The molecule has 0 aliphatic heterocycles. The van der Waals surface area contributed by atoms with Gasteiger partial charge in [-0.3, -0.25) is 13.9 Å². The second kappa shape index (κ2) is 9.56. The Kier molecular flexibility index (Phi) is 7.43. The highest BCUT2D eigenvalue weighted by Gasteiger charge is 2.14. The zero-order chi connectivity index (χ0) is 18.2. The van der Waals surface area contributed by atoms with Crippen molar-refractivity contribution in [1.29, 1.82) is 0 Å². The number of nitrogens with zero attached hydrogens (tertiary/aromatic N) is 4. The average molecular weight is 350 g/mol. The number of rotatable bonds is 11. The molecule has 1 N–H and O–H groups in total. The minimum atomic E-state index is -0.292. The van der Waals surface area contributed by atoms with E-state index in [-0.39, 0.29) is 11.2 Å². The summed E-state index contributed by atoms with van der Waals surface area (Å²) in [5.41, 5.74) is 0.377. The fraction of sp³-hybridized carbons (Fsp3) is 0.722. The van der Waals surface area contributed by atoms with E-state index in [9.17, 15) is 9.59 Å². The largest absolute Gasteiger partial charge is 0.396 e. The number of unbranched alkanes of at least 4 members (excludes halogenated alkanes) is 8. The minimum absolute atomic E-state index is 0.248. The first-order valence-corrected chi connectivity index (χ1v) is 9.29. The molecule has 0 unspecified atom stereocenters. The van der Waals surface area contributed by atoms with E-state index in [1.807, 2.05) is 0 Å². The lowest BCUT2D eigenvalue weighted by Gasteiger charge is -2.08. The fourth-order valence-electron chi connectivity index (χ4n) is 3.21. The summed E-state index contributed by atoms with van der Waals surface area (Å²) >= 11 is 0. The molecule has 0 saturated carbocycles. The Hall–Kier alpha value is -1.89. The number of aromatic nitrogens is 4. The van der Waals surface area contributed by atoms with Gasteiger partial charge < -0.3 is 9.67 Å². The molecule has 7 nitrogen and oxygen atoms in total. The normalized spacial score (nSPS) is 11.5. The molecule has 0 amide bonds. The van der Waals surface area contributed by atoms with Crippen LogP contribution in [0.3, 0.4) is 0 Å². The van der Waals surface area contributed by atoms with Crippen LogP contribution in [0, 0.1) is 0 Å². The second-order valence-corrected chi connectivity index (χ2v) is 6.73. The van der Waals surface area contributed by atoms with Gasteiger partial charge in [0.1, 0.15) is 0 Å². The first kappa shape index (κ1) is 19.4. The smallest absolute Gasteiger partial charge is 0.332 e. The van der Waals surface area contributed by atoms with Crippen molar-refractivity contribution >= 4 is 11.2 Å². The van der Waals surface area contributed by atoms with Crippen LogP contribution in [0.4, 0.5) is 0 Å². The van der Waals surface area contributed by atoms with Crippen LogP contribution in [0.2, 0.25) is 0 Å². The lowest BCUT2D eigenvalue weighted by molar-refractivity contribution is 0.282. The summed E-state index contributed by atoms with van der Waals surface area (Å²) in [6.45, 7) is 0.757. The van der Waals surface area contributed by atoms with Gasteiger partial charge in [-0.1, -0.05) is 44.9 Å². The monoisotopic (exact) mass is 350 g/mol. The van der Waals surface area contributed by atoms with E-state index in [0.717, 1.165) is 32.1 Å². The van der Waals surface area contributed by atoms with E-state index in [1.165, 1.54) is 34.8 Å². The maximum Gasteiger partial charge on any atom is 0.332 e. The number of aliphatic hydroxyl groups excluding tert-OH is 1. The Balaban J connectivity index is 1.81. The number of hydrogen-bond acceptors (Lipinski definition) is 4. The third kappa shape index (κ3) is 4.81. The molecule has 0 saturated heterocycles. The molecule has 0 bridgehead atoms. The van der Waals surface area contributed by atoms with Gasteiger partial charge in [0.15, 0.2) is 11.2 Å². The summed E-state index contributed by atoms with van der Waals surface area (Å²) in [5.74, 6) is 0. The molecule has 7 heteroatoms. The molecular weight excluding hydrogens is 320 g/mol. The predicted octanol–water partition coefficient (Wildman–Crippen LogP) is 1.94. The zero-order valence-electron chi connectivity index (χ0n) is 15.4. The van der Waals surface area contributed by atoms with Gasteiger partial charge in [-0.15, -0.1) is 0 Å². The van der Waals surface area contributed by atoms with Crippen molar-refractivity contribution in [3.63, 3.8) is 0 Å². The maximum absolute atomic E-state index is 12.5. The number of hydrogen-bond donors (Lipinski definition) is 1. The van der Waals surface area contributed by atoms with Crippen LogP contribution in [0.25, 0.3) is 11.2 Å². The lowest BCUT2D eigenvalue weighted by atomic mass is 10.1. The molecule has 2 aromatic heterocycles. The van der Waals surface area contributed by atoms with Crippen LogP contribution >= 0.6 is 0 Å². The molecule has 2 heterocycles. The summed E-state index contributed by atoms with van der Waals surface area (Å²) < 4.78 is 4.45. The van der Waals surface area contributed by atoms with Gasteiger partial charge >= 0.3 is 5.69 Å². The van der Waals surface area contributed by atoms with Crippen molar-refractivity contribution in [2.75, 3.05) is 6.61 Å². The van der Waals surface area contributed by atoms with Crippen LogP contribution in [0.1, 0.15) is 57.8 Å². The number of aliphatic hydroxyl groups is 1. The van der Waals surface area contributed by atoms with Crippen LogP contribution < -0.4 is 11.2 Å². The number of imidazole rings is 1. The minimum Gasteiger partial charge on any atom is -0.396 e. The van der Waals surface area contributed by atoms with Gasteiger partial charge in [-0.25, -0.2) is 9.78 Å². The van der Waals surface area contributed by atoms with E-state index in [1.54, 1.807) is 25.0 Å². The van der Waals surface area contributed by atoms with Crippen molar-refractivity contribution in [2.24, 2.45) is 14.1 Å². The molecule has 2 aromatic rings. The molecule has 2 rings (SSSR count). The fourth-order valence-corrected chi connectivity index (χ4v) is 3.21. The highest BCUT2D eigenvalue weighted by atomic mass is 16.3. The average Bonchev–Trinajstić information content (AvgIpc) is 2.99. The Morgan fingerprint density at radius 1 is 0.920 bits per heavy atom. The summed E-state index contributed by atoms with van der Waals surface area (Å²) in [6, 6.07) is 0. The third-order valence-electron chi connectivity index (χ3n) is 4.74. The van der Waals surface area contributed by atoms with Gasteiger partial charge in [-0.2, -0.15) is 0 Å². The number of aryl methyl sites for hydroxylation is 2. The molecular formula is C18H30N4O3. The van der Waals surface area contributed by atoms with Crippen LogP contribution in [0.5, 0.6) is 0 Å². The van der Waals surface area contributed by atoms with Gasteiger partial charge in [0.05, 0.1) is 6.33 Å². The maximum atomic E-state index is 12.5. The second-order valence-electron chi connectivity index (χ2n) is 6.73. The molecule has 0 aromatic carbocycles. The zero-order valence-corrected chi connectivity index (χ0v) is 15.4. The molecule has 0 fully saturated rings. The Bertz CT molecular complexity index is 788. The molecule has 0 aliphatic rings. The summed E-state index contributed by atoms with van der Waals surface area (Å²) in [4.78, 5) is 29.0. The summed E-state index contributed by atoms with van der Waals surface area (Å²) in [6.07, 6.45) is 11.4. The van der Waals surface area contributed by atoms with Crippen LogP contribution in [-0.2, 0) is 20.6 Å². The standard InChI is InChI=1S/C18H30N4O3/c1-20-14-19-16-15(20)17(24)22(18(25)21(16)2)12-10-8-6-4-3-5-7-9-11-13-23/h14,23H,3-13H2,1-2H3. The van der Waals surface area contributed by atoms with Crippen LogP contribution in [0.15, 0.2) is 15.9 Å². The Morgan fingerprint density at radius 3 is 2.08 bits per heavy atom. The molecule has 140 valence electrons. The van der Waals surface area contributed by atoms with Crippen molar-refractivity contribution in [3.8, 4) is 0 Å². The molecule has 0 spiro atoms. The molecule has 0 aliphatic carbocycles. The van der Waals surface area contributed by atoms with E-state index < -0.39 is 0 Å². The van der Waals surface area contributed by atoms with Gasteiger partial charge in [-0.05, 0) is 12.8 Å².